The fraction of sp³-hybridized carbons (Fsp3) is 0.600. The summed E-state index contributed by atoms with van der Waals surface area (Å²) in [5.74, 6) is 0.733. The van der Waals surface area contributed by atoms with Crippen molar-refractivity contribution in [3.8, 4) is 5.75 Å². The van der Waals surface area contributed by atoms with Crippen molar-refractivity contribution in [3.05, 3.63) is 29.8 Å². The summed E-state index contributed by atoms with van der Waals surface area (Å²) in [6.07, 6.45) is 0.333. The number of hydrogen-bond donors (Lipinski definition) is 3. The summed E-state index contributed by atoms with van der Waals surface area (Å²) in [4.78, 5) is 1.80. The third-order valence-corrected chi connectivity index (χ3v) is 3.08. The second-order valence-corrected chi connectivity index (χ2v) is 4.71. The minimum absolute atomic E-state index is 0. The fourth-order valence-corrected chi connectivity index (χ4v) is 1.94. The fourth-order valence-electron chi connectivity index (χ4n) is 1.94. The van der Waals surface area contributed by atoms with E-state index in [4.69, 9.17) is 14.9 Å². The predicted molar refractivity (Wildman–Crippen MR) is 77.9 cm³/mol. The molecule has 0 saturated heterocycles. The van der Waals surface area contributed by atoms with E-state index in [0.29, 0.717) is 19.6 Å². The lowest BCUT2D eigenvalue weighted by atomic mass is 10.2. The van der Waals surface area contributed by atoms with Crippen LogP contribution in [0.15, 0.2) is 24.3 Å². The van der Waals surface area contributed by atoms with Gasteiger partial charge < -0.3 is 32.5 Å². The molecule has 0 aliphatic carbocycles. The molecule has 1 unspecified atom stereocenters. The Hall–Kier alpha value is -0.850. The van der Waals surface area contributed by atoms with Crippen molar-refractivity contribution in [2.75, 3.05) is 39.5 Å². The molecule has 0 aromatic heterocycles. The van der Waals surface area contributed by atoms with Gasteiger partial charge in [0.25, 0.3) is 0 Å². The molecule has 21 heavy (non-hydrogen) atoms. The van der Waals surface area contributed by atoms with E-state index in [-0.39, 0.29) is 32.2 Å². The maximum absolute atomic E-state index is 9.91. The van der Waals surface area contributed by atoms with Gasteiger partial charge >= 0.3 is 0 Å². The molecule has 0 bridgehead atoms. The topological polar surface area (TPSA) is 73.2 Å². The van der Waals surface area contributed by atoms with Gasteiger partial charge in [0.1, 0.15) is 18.5 Å². The summed E-state index contributed by atoms with van der Waals surface area (Å²) >= 11 is 0. The van der Waals surface area contributed by atoms with Gasteiger partial charge in [-0.3, -0.25) is 4.90 Å². The lowest BCUT2D eigenvalue weighted by Gasteiger charge is -2.23. The molecule has 3 N–H and O–H groups in total. The van der Waals surface area contributed by atoms with E-state index in [0.717, 1.165) is 12.2 Å². The van der Waals surface area contributed by atoms with Crippen LogP contribution in [0.3, 0.4) is 0 Å². The maximum atomic E-state index is 9.91. The monoisotopic (exact) mass is 318 g/mol. The van der Waals surface area contributed by atoms with Crippen LogP contribution in [0.2, 0.25) is 0 Å². The molecule has 0 aliphatic heterocycles. The first-order valence-corrected chi connectivity index (χ1v) is 7.03. The molecule has 6 heteroatoms. The number of halogens is 1. The predicted octanol–water partition coefficient (Wildman–Crippen LogP) is -2.72. The highest BCUT2D eigenvalue weighted by atomic mass is 35.5. The maximum Gasteiger partial charge on any atom is 0.119 e. The standard InChI is InChI=1S/C15H25NO4.ClH/c1-2-13-3-5-15(6-4-13)20-12-14(19)11-16(7-9-17)8-10-18;/h3-6,14,17-19H,2,7-12H2,1H3;1H/p-1. The van der Waals surface area contributed by atoms with Crippen molar-refractivity contribution < 1.29 is 32.5 Å². The molecule has 0 heterocycles. The minimum atomic E-state index is -0.654. The molecule has 0 amide bonds. The van der Waals surface area contributed by atoms with Crippen molar-refractivity contribution >= 4 is 0 Å². The first-order valence-electron chi connectivity index (χ1n) is 7.03. The number of aryl methyl sites for hydroxylation is 1. The van der Waals surface area contributed by atoms with Crippen LogP contribution in [0.4, 0.5) is 0 Å². The van der Waals surface area contributed by atoms with Gasteiger partial charge in [0.2, 0.25) is 0 Å². The number of hydrogen-bond acceptors (Lipinski definition) is 5. The van der Waals surface area contributed by atoms with E-state index in [2.05, 4.69) is 6.92 Å². The first kappa shape index (κ1) is 20.1. The molecule has 0 spiro atoms. The average molecular weight is 319 g/mol. The molecule has 1 atom stereocenters. The number of nitrogens with zero attached hydrogens (tertiary/aromatic N) is 1. The third-order valence-electron chi connectivity index (χ3n) is 3.08. The van der Waals surface area contributed by atoms with Gasteiger partial charge in [0, 0.05) is 19.6 Å². The lowest BCUT2D eigenvalue weighted by Crippen LogP contribution is -3.00. The lowest BCUT2D eigenvalue weighted by molar-refractivity contribution is -0.0000109. The number of aliphatic hydroxyl groups excluding tert-OH is 3. The van der Waals surface area contributed by atoms with E-state index in [1.54, 1.807) is 4.90 Å². The number of benzene rings is 1. The number of aliphatic hydroxyl groups is 3. The zero-order valence-corrected chi connectivity index (χ0v) is 13.2. The Bertz CT molecular complexity index is 355. The van der Waals surface area contributed by atoms with Crippen molar-refractivity contribution in [1.29, 1.82) is 0 Å². The molecular weight excluding hydrogens is 294 g/mol. The summed E-state index contributed by atoms with van der Waals surface area (Å²) in [5, 5.41) is 27.7. The Balaban J connectivity index is 0.00000400. The van der Waals surface area contributed by atoms with Crippen molar-refractivity contribution in [3.63, 3.8) is 0 Å². The summed E-state index contributed by atoms with van der Waals surface area (Å²) in [6.45, 7) is 3.53. The number of rotatable bonds is 10. The van der Waals surface area contributed by atoms with Crippen molar-refractivity contribution in [2.45, 2.75) is 19.4 Å². The zero-order chi connectivity index (χ0) is 14.8. The van der Waals surface area contributed by atoms with Crippen LogP contribution in [0, 0.1) is 0 Å². The van der Waals surface area contributed by atoms with Crippen LogP contribution in [-0.4, -0.2) is 65.8 Å². The molecule has 1 aromatic carbocycles. The third kappa shape index (κ3) is 8.24. The summed E-state index contributed by atoms with van der Waals surface area (Å²) in [5.41, 5.74) is 1.25. The Labute approximate surface area is 132 Å². The van der Waals surface area contributed by atoms with E-state index < -0.39 is 6.10 Å². The summed E-state index contributed by atoms with van der Waals surface area (Å²) in [6, 6.07) is 7.80. The van der Waals surface area contributed by atoms with Gasteiger partial charge in [-0.1, -0.05) is 19.1 Å². The van der Waals surface area contributed by atoms with Crippen LogP contribution in [-0.2, 0) is 6.42 Å². The molecule has 122 valence electrons. The largest absolute Gasteiger partial charge is 1.00 e. The van der Waals surface area contributed by atoms with Gasteiger partial charge in [-0.05, 0) is 24.1 Å². The first-order chi connectivity index (χ1) is 9.69. The van der Waals surface area contributed by atoms with E-state index in [1.165, 1.54) is 5.56 Å². The van der Waals surface area contributed by atoms with Gasteiger partial charge in [0.15, 0.2) is 0 Å². The SMILES string of the molecule is CCc1ccc(OCC(O)CN(CCO)CCO)cc1.[Cl-]. The average Bonchev–Trinajstić information content (AvgIpc) is 2.46. The molecule has 0 fully saturated rings. The van der Waals surface area contributed by atoms with Crippen LogP contribution < -0.4 is 17.1 Å². The second-order valence-electron chi connectivity index (χ2n) is 4.71. The Morgan fingerprint density at radius 1 is 1.10 bits per heavy atom. The highest BCUT2D eigenvalue weighted by Gasteiger charge is 2.11. The molecule has 0 saturated carbocycles. The quantitative estimate of drug-likeness (QED) is 0.437. The van der Waals surface area contributed by atoms with Crippen LogP contribution in [0.25, 0.3) is 0 Å². The summed E-state index contributed by atoms with van der Waals surface area (Å²) < 4.78 is 5.52. The minimum Gasteiger partial charge on any atom is -1.00 e. The highest BCUT2D eigenvalue weighted by Crippen LogP contribution is 2.12. The van der Waals surface area contributed by atoms with Gasteiger partial charge in [-0.15, -0.1) is 0 Å². The van der Waals surface area contributed by atoms with Crippen molar-refractivity contribution in [2.24, 2.45) is 0 Å². The molecule has 1 rings (SSSR count). The van der Waals surface area contributed by atoms with Gasteiger partial charge in [0.05, 0.1) is 13.2 Å². The van der Waals surface area contributed by atoms with Gasteiger partial charge in [-0.2, -0.15) is 0 Å². The molecular formula is C15H25ClNO4-. The zero-order valence-electron chi connectivity index (χ0n) is 12.4. The highest BCUT2D eigenvalue weighted by molar-refractivity contribution is 5.27. The normalized spacial score (nSPS) is 12.0. The molecule has 0 radical (unpaired) electrons. The van der Waals surface area contributed by atoms with E-state index >= 15 is 0 Å². The van der Waals surface area contributed by atoms with E-state index in [1.807, 2.05) is 24.3 Å². The number of ether oxygens (including phenoxy) is 1. The second kappa shape index (κ2) is 11.8. The van der Waals surface area contributed by atoms with Crippen LogP contribution in [0.5, 0.6) is 5.75 Å². The summed E-state index contributed by atoms with van der Waals surface area (Å²) in [7, 11) is 0. The van der Waals surface area contributed by atoms with Crippen LogP contribution in [0.1, 0.15) is 12.5 Å². The Morgan fingerprint density at radius 3 is 2.14 bits per heavy atom. The molecule has 0 aliphatic rings. The smallest absolute Gasteiger partial charge is 0.119 e. The Morgan fingerprint density at radius 2 is 1.67 bits per heavy atom. The van der Waals surface area contributed by atoms with E-state index in [9.17, 15) is 5.11 Å². The van der Waals surface area contributed by atoms with Crippen molar-refractivity contribution in [1.82, 2.24) is 4.90 Å². The molecule has 5 nitrogen and oxygen atoms in total. The van der Waals surface area contributed by atoms with Crippen LogP contribution >= 0.6 is 0 Å². The molecule has 1 aromatic rings. The Kier molecular flexibility index (Phi) is 11.3. The van der Waals surface area contributed by atoms with Gasteiger partial charge in [-0.25, -0.2) is 0 Å².